The number of halogens is 2. The summed E-state index contributed by atoms with van der Waals surface area (Å²) in [7, 11) is 0. The lowest BCUT2D eigenvalue weighted by Crippen LogP contribution is -2.00. The molecule has 2 aromatic heterocycles. The van der Waals surface area contributed by atoms with Crippen LogP contribution in [-0.2, 0) is 0 Å². The molecule has 3 aromatic rings. The highest BCUT2D eigenvalue weighted by Gasteiger charge is 2.16. The van der Waals surface area contributed by atoms with Crippen LogP contribution in [0, 0.1) is 12.7 Å². The van der Waals surface area contributed by atoms with E-state index in [0.717, 1.165) is 0 Å². The highest BCUT2D eigenvalue weighted by Crippen LogP contribution is 2.25. The van der Waals surface area contributed by atoms with Crippen molar-refractivity contribution < 1.29 is 4.39 Å². The predicted molar refractivity (Wildman–Crippen MR) is 66.4 cm³/mol. The van der Waals surface area contributed by atoms with Crippen LogP contribution in [0.5, 0.6) is 0 Å². The molecule has 0 unspecified atom stereocenters. The summed E-state index contributed by atoms with van der Waals surface area (Å²) in [4.78, 5) is 12.2. The van der Waals surface area contributed by atoms with Crippen molar-refractivity contribution in [1.82, 2.24) is 19.5 Å². The van der Waals surface area contributed by atoms with Crippen molar-refractivity contribution in [1.29, 1.82) is 0 Å². The lowest BCUT2D eigenvalue weighted by atomic mass is 10.3. The maximum Gasteiger partial charge on any atom is 0.182 e. The molecule has 0 radical (unpaired) electrons. The van der Waals surface area contributed by atoms with Crippen LogP contribution >= 0.6 is 11.6 Å². The van der Waals surface area contributed by atoms with E-state index < -0.39 is 0 Å². The Morgan fingerprint density at radius 3 is 2.78 bits per heavy atom. The molecule has 0 spiro atoms. The largest absolute Gasteiger partial charge is 0.289 e. The van der Waals surface area contributed by atoms with E-state index in [4.69, 9.17) is 11.6 Å². The van der Waals surface area contributed by atoms with Crippen molar-refractivity contribution in [2.45, 2.75) is 6.92 Å². The van der Waals surface area contributed by atoms with Crippen molar-refractivity contribution in [3.05, 3.63) is 47.4 Å². The second-order valence-electron chi connectivity index (χ2n) is 3.78. The van der Waals surface area contributed by atoms with E-state index in [9.17, 15) is 4.39 Å². The van der Waals surface area contributed by atoms with Gasteiger partial charge in [-0.05, 0) is 19.1 Å². The van der Waals surface area contributed by atoms with Gasteiger partial charge < -0.3 is 0 Å². The van der Waals surface area contributed by atoms with E-state index in [-0.39, 0.29) is 11.0 Å². The number of nitrogens with zero attached hydrogens (tertiary/aromatic N) is 4. The van der Waals surface area contributed by atoms with Gasteiger partial charge in [0, 0.05) is 0 Å². The molecule has 0 N–H and O–H groups in total. The maximum atomic E-state index is 13.9. The number of benzene rings is 1. The zero-order valence-corrected chi connectivity index (χ0v) is 10.2. The van der Waals surface area contributed by atoms with Crippen molar-refractivity contribution in [3.63, 3.8) is 0 Å². The van der Waals surface area contributed by atoms with Crippen LogP contribution in [0.3, 0.4) is 0 Å². The summed E-state index contributed by atoms with van der Waals surface area (Å²) < 4.78 is 15.5. The Labute approximate surface area is 107 Å². The molecule has 0 aliphatic rings. The summed E-state index contributed by atoms with van der Waals surface area (Å²) in [5.74, 6) is 0.261. The van der Waals surface area contributed by atoms with Gasteiger partial charge in [0.05, 0.1) is 5.69 Å². The first-order valence-corrected chi connectivity index (χ1v) is 5.66. The molecule has 90 valence electrons. The van der Waals surface area contributed by atoms with E-state index in [1.165, 1.54) is 12.4 Å². The van der Waals surface area contributed by atoms with Gasteiger partial charge in [-0.25, -0.2) is 19.3 Å². The van der Waals surface area contributed by atoms with Crippen LogP contribution in [0.4, 0.5) is 4.39 Å². The number of aromatic nitrogens is 4. The second kappa shape index (κ2) is 4.03. The van der Waals surface area contributed by atoms with Crippen LogP contribution in [0.1, 0.15) is 5.82 Å². The van der Waals surface area contributed by atoms with Crippen molar-refractivity contribution in [2.24, 2.45) is 0 Å². The van der Waals surface area contributed by atoms with Gasteiger partial charge in [0.1, 0.15) is 23.5 Å². The molecule has 0 amide bonds. The van der Waals surface area contributed by atoms with Crippen LogP contribution in [0.2, 0.25) is 5.15 Å². The third-order valence-electron chi connectivity index (χ3n) is 2.67. The van der Waals surface area contributed by atoms with E-state index in [1.54, 1.807) is 29.7 Å². The van der Waals surface area contributed by atoms with Gasteiger partial charge in [-0.3, -0.25) is 4.57 Å². The second-order valence-corrected chi connectivity index (χ2v) is 4.14. The summed E-state index contributed by atoms with van der Waals surface area (Å²) in [5, 5.41) is 0.254. The minimum Gasteiger partial charge on any atom is -0.289 e. The molecule has 1 aromatic carbocycles. The van der Waals surface area contributed by atoms with Crippen molar-refractivity contribution >= 4 is 22.8 Å². The first kappa shape index (κ1) is 11.1. The van der Waals surface area contributed by atoms with Crippen LogP contribution in [0.15, 0.2) is 30.6 Å². The number of imidazole rings is 1. The molecule has 0 bridgehead atoms. The average Bonchev–Trinajstić information content (AvgIpc) is 2.68. The van der Waals surface area contributed by atoms with Gasteiger partial charge in [-0.2, -0.15) is 0 Å². The van der Waals surface area contributed by atoms with Gasteiger partial charge in [0.15, 0.2) is 10.8 Å². The lowest BCUT2D eigenvalue weighted by Gasteiger charge is -2.07. The summed E-state index contributed by atoms with van der Waals surface area (Å²) in [6.07, 6.45) is 1.34. The molecular weight excluding hydrogens is 255 g/mol. The fraction of sp³-hybridized carbons (Fsp3) is 0.0833. The zero-order chi connectivity index (χ0) is 12.7. The number of hydrogen-bond acceptors (Lipinski definition) is 3. The van der Waals surface area contributed by atoms with Gasteiger partial charge in [-0.1, -0.05) is 23.7 Å². The topological polar surface area (TPSA) is 43.6 Å². The Kier molecular flexibility index (Phi) is 2.48. The van der Waals surface area contributed by atoms with Crippen molar-refractivity contribution in [3.8, 4) is 5.69 Å². The number of rotatable bonds is 1. The number of aryl methyl sites for hydroxylation is 1. The Balaban J connectivity index is 2.43. The summed E-state index contributed by atoms with van der Waals surface area (Å²) in [6.45, 7) is 1.77. The molecule has 18 heavy (non-hydrogen) atoms. The number of para-hydroxylation sites is 1. The predicted octanol–water partition coefficient (Wildman–Crippen LogP) is 2.92. The van der Waals surface area contributed by atoms with E-state index in [2.05, 4.69) is 15.0 Å². The van der Waals surface area contributed by atoms with Gasteiger partial charge in [0.2, 0.25) is 0 Å². The highest BCUT2D eigenvalue weighted by atomic mass is 35.5. The molecule has 0 atom stereocenters. The summed E-state index contributed by atoms with van der Waals surface area (Å²) in [5.41, 5.74) is 1.35. The molecule has 6 heteroatoms. The van der Waals surface area contributed by atoms with Gasteiger partial charge in [0.25, 0.3) is 0 Å². The highest BCUT2D eigenvalue weighted by molar-refractivity contribution is 6.33. The van der Waals surface area contributed by atoms with Crippen LogP contribution < -0.4 is 0 Å². The molecule has 0 aliphatic carbocycles. The number of fused-ring (bicyclic) bond motifs is 1. The first-order valence-electron chi connectivity index (χ1n) is 5.29. The normalized spacial score (nSPS) is 11.1. The lowest BCUT2D eigenvalue weighted by molar-refractivity contribution is 0.618. The monoisotopic (exact) mass is 262 g/mol. The fourth-order valence-electron chi connectivity index (χ4n) is 1.92. The third-order valence-corrected chi connectivity index (χ3v) is 2.94. The van der Waals surface area contributed by atoms with E-state index in [1.807, 2.05) is 0 Å². The quantitative estimate of drug-likeness (QED) is 0.634. The standard InChI is InChI=1S/C12H8ClFN4/c1-7-17-12-10(11(13)15-6-16-12)18(7)9-5-3-2-4-8(9)14/h2-6H,1H3. The molecular formula is C12H8ClFN4. The minimum absolute atomic E-state index is 0.254. The van der Waals surface area contributed by atoms with E-state index >= 15 is 0 Å². The first-order chi connectivity index (χ1) is 8.68. The molecule has 0 aliphatic heterocycles. The molecule has 0 saturated heterocycles. The SMILES string of the molecule is Cc1nc2ncnc(Cl)c2n1-c1ccccc1F. The maximum absolute atomic E-state index is 13.9. The summed E-state index contributed by atoms with van der Waals surface area (Å²) in [6, 6.07) is 6.43. The van der Waals surface area contributed by atoms with Crippen LogP contribution in [-0.4, -0.2) is 19.5 Å². The molecule has 2 heterocycles. The van der Waals surface area contributed by atoms with E-state index in [0.29, 0.717) is 22.7 Å². The Hall–Kier alpha value is -2.01. The third kappa shape index (κ3) is 1.55. The molecule has 0 fully saturated rings. The average molecular weight is 263 g/mol. The van der Waals surface area contributed by atoms with Crippen LogP contribution in [0.25, 0.3) is 16.9 Å². The fourth-order valence-corrected chi connectivity index (χ4v) is 2.13. The zero-order valence-electron chi connectivity index (χ0n) is 9.43. The minimum atomic E-state index is -0.347. The van der Waals surface area contributed by atoms with Gasteiger partial charge in [-0.15, -0.1) is 0 Å². The molecule has 0 saturated carbocycles. The van der Waals surface area contributed by atoms with Crippen molar-refractivity contribution in [2.75, 3.05) is 0 Å². The summed E-state index contributed by atoms with van der Waals surface area (Å²) >= 11 is 6.04. The molecule has 4 nitrogen and oxygen atoms in total. The Morgan fingerprint density at radius 1 is 1.22 bits per heavy atom. The molecule has 3 rings (SSSR count). The van der Waals surface area contributed by atoms with Gasteiger partial charge >= 0.3 is 0 Å². The smallest absolute Gasteiger partial charge is 0.182 e. The number of hydrogen-bond donors (Lipinski definition) is 0. The Bertz CT molecular complexity index is 738. The Morgan fingerprint density at radius 2 is 2.00 bits per heavy atom.